The summed E-state index contributed by atoms with van der Waals surface area (Å²) in [7, 11) is 8.90. The number of aliphatic hydroxyl groups is 1. The minimum absolute atomic E-state index is 0. The van der Waals surface area contributed by atoms with Crippen LogP contribution in [0.15, 0.2) is 0 Å². The van der Waals surface area contributed by atoms with Crippen LogP contribution in [0.2, 0.25) is 0 Å². The first kappa shape index (κ1) is 74.5. The van der Waals surface area contributed by atoms with Gasteiger partial charge in [0.1, 0.15) is 33.7 Å². The maximum Gasteiger partial charge on any atom is 0.323 e. The van der Waals surface area contributed by atoms with Gasteiger partial charge in [0.05, 0.1) is 17.5 Å². The van der Waals surface area contributed by atoms with Gasteiger partial charge < -0.3 is 24.1 Å². The summed E-state index contributed by atoms with van der Waals surface area (Å²) < 4.78 is 20.4. The summed E-state index contributed by atoms with van der Waals surface area (Å²) in [6.45, 7) is 32.8. The van der Waals surface area contributed by atoms with E-state index in [2.05, 4.69) is 80.2 Å². The Kier molecular flexibility index (Phi) is 49.7. The number of carbonyl (C=O) groups is 5. The molecule has 0 amide bonds. The molecule has 0 saturated carbocycles. The number of ether oxygens (including phenoxy) is 4. The van der Waals surface area contributed by atoms with Crippen molar-refractivity contribution >= 4 is 88.8 Å². The molecule has 0 saturated heterocycles. The molecule has 0 radical (unpaired) electrons. The van der Waals surface area contributed by atoms with Crippen LogP contribution in [0.1, 0.15) is 182 Å². The second-order valence-electron chi connectivity index (χ2n) is 17.5. The molecule has 0 spiro atoms. The number of methoxy groups -OCH3 is 1. The first-order valence-corrected chi connectivity index (χ1v) is 23.9. The third-order valence-electron chi connectivity index (χ3n) is 8.10. The van der Waals surface area contributed by atoms with E-state index in [0.29, 0.717) is 6.42 Å². The lowest BCUT2D eigenvalue weighted by atomic mass is 10.0. The fraction of sp³-hybridized carbons (Fsp3) is 0.889. The van der Waals surface area contributed by atoms with Gasteiger partial charge in [0.15, 0.2) is 0 Å². The van der Waals surface area contributed by atoms with Gasteiger partial charge in [-0.15, -0.1) is 12.4 Å². The smallest absolute Gasteiger partial charge is 0.323 e. The normalized spacial score (nSPS) is 13.0. The van der Waals surface area contributed by atoms with E-state index in [-0.39, 0.29) is 79.5 Å². The van der Waals surface area contributed by atoms with Crippen molar-refractivity contribution in [2.24, 2.45) is 0 Å². The molecule has 0 fully saturated rings. The molecule has 12 nitrogen and oxygen atoms in total. The van der Waals surface area contributed by atoms with Gasteiger partial charge in [0, 0.05) is 6.42 Å². The Hall–Kier alpha value is -0.840. The predicted octanol–water partition coefficient (Wildman–Crippen LogP) is 11.6. The number of hydrogen-bond donors (Lipinski definition) is 1. The number of nitrogens with zero attached hydrogens (tertiary/aromatic N) is 2. The quantitative estimate of drug-likeness (QED) is 0.0568. The van der Waals surface area contributed by atoms with Gasteiger partial charge in [-0.3, -0.25) is 33.8 Å². The number of hydrogen-bond acceptors (Lipinski definition) is 12. The van der Waals surface area contributed by atoms with Crippen LogP contribution in [0.5, 0.6) is 0 Å². The molecule has 0 aromatic heterocycles. The van der Waals surface area contributed by atoms with Crippen LogP contribution in [0, 0.1) is 0 Å². The van der Waals surface area contributed by atoms with Crippen molar-refractivity contribution in [1.29, 1.82) is 0 Å². The van der Waals surface area contributed by atoms with Crippen molar-refractivity contribution < 1.29 is 48.0 Å². The minimum Gasteiger partial charge on any atom is -0.469 e. The Morgan fingerprint density at radius 2 is 0.803 bits per heavy atom. The minimum atomic E-state index is -0.450. The van der Waals surface area contributed by atoms with Crippen molar-refractivity contribution in [3.05, 3.63) is 0 Å². The van der Waals surface area contributed by atoms with E-state index < -0.39 is 5.60 Å². The van der Waals surface area contributed by atoms with Crippen molar-refractivity contribution in [3.8, 4) is 0 Å². The Morgan fingerprint density at radius 1 is 0.541 bits per heavy atom. The molecule has 0 aliphatic carbocycles. The Bertz CT molecular complexity index is 1090. The van der Waals surface area contributed by atoms with E-state index in [0.717, 1.165) is 57.8 Å². The van der Waals surface area contributed by atoms with Gasteiger partial charge in [-0.1, -0.05) is 92.2 Å². The van der Waals surface area contributed by atoms with Crippen molar-refractivity contribution in [2.75, 3.05) is 35.3 Å². The zero-order chi connectivity index (χ0) is 49.3. The second-order valence-corrected chi connectivity index (χ2v) is 21.0. The second kappa shape index (κ2) is 40.7. The summed E-state index contributed by atoms with van der Waals surface area (Å²) in [5.74, 6) is -0.599. The summed E-state index contributed by atoms with van der Waals surface area (Å²) in [5, 5.41) is 9.02. The number of alkyl halides is 2. The molecule has 0 bridgehead atoms. The largest absolute Gasteiger partial charge is 0.469 e. The van der Waals surface area contributed by atoms with E-state index in [1.165, 1.54) is 7.11 Å². The lowest BCUT2D eigenvalue weighted by Gasteiger charge is -2.28. The molecule has 0 aliphatic heterocycles. The molecular formula is C45H92Br3ClN2O10. The van der Waals surface area contributed by atoms with Crippen LogP contribution in [0.3, 0.4) is 0 Å². The lowest BCUT2D eigenvalue weighted by molar-refractivity contribution is -0.163. The average molecular weight is 1100 g/mol. The van der Waals surface area contributed by atoms with Gasteiger partial charge in [-0.05, 0) is 159 Å². The predicted molar refractivity (Wildman–Crippen MR) is 268 cm³/mol. The van der Waals surface area contributed by atoms with E-state index >= 15 is 0 Å². The highest BCUT2D eigenvalue weighted by atomic mass is 79.9. The average Bonchev–Trinajstić information content (AvgIpc) is 3.07. The van der Waals surface area contributed by atoms with Gasteiger partial charge in [-0.2, -0.15) is 0 Å². The van der Waals surface area contributed by atoms with Crippen LogP contribution in [0.25, 0.3) is 0 Å². The van der Waals surface area contributed by atoms with E-state index in [1.54, 1.807) is 13.8 Å². The van der Waals surface area contributed by atoms with Gasteiger partial charge in [0.25, 0.3) is 0 Å². The van der Waals surface area contributed by atoms with Gasteiger partial charge >= 0.3 is 23.9 Å². The first-order valence-electron chi connectivity index (χ1n) is 21.3. The molecule has 61 heavy (non-hydrogen) atoms. The number of likely N-dealkylation sites (N-methyl/N-ethyl adjacent to an activating group) is 2. The third-order valence-corrected chi connectivity index (χ3v) is 10.2. The topological polar surface area (TPSA) is 149 Å². The lowest BCUT2D eigenvalue weighted by Crippen LogP contribution is -2.39. The molecular weight excluding hydrogens is 1000 g/mol. The summed E-state index contributed by atoms with van der Waals surface area (Å²) in [6.07, 6.45) is 9.14. The van der Waals surface area contributed by atoms with Crippen LogP contribution in [-0.2, 0) is 42.9 Å². The van der Waals surface area contributed by atoms with Crippen molar-refractivity contribution in [2.45, 2.75) is 226 Å². The van der Waals surface area contributed by atoms with E-state index in [1.807, 2.05) is 114 Å². The highest BCUT2D eigenvalue weighted by molar-refractivity contribution is 9.20. The molecule has 16 heteroatoms. The van der Waals surface area contributed by atoms with E-state index in [4.69, 9.17) is 19.3 Å². The Balaban J connectivity index is -0.000000118. The first-order chi connectivity index (χ1) is 27.0. The number of esters is 4. The fourth-order valence-corrected chi connectivity index (χ4v) is 4.46. The van der Waals surface area contributed by atoms with Crippen molar-refractivity contribution in [3.63, 3.8) is 0 Å². The van der Waals surface area contributed by atoms with Crippen LogP contribution in [-0.4, -0.2) is 123 Å². The molecule has 0 rings (SSSR count). The Labute approximate surface area is 405 Å². The van der Waals surface area contributed by atoms with Crippen LogP contribution in [0.4, 0.5) is 0 Å². The summed E-state index contributed by atoms with van der Waals surface area (Å²) in [5.41, 5.74) is -1.45. The van der Waals surface area contributed by atoms with Gasteiger partial charge in [0.2, 0.25) is 4.69 Å². The standard InChI is InChI=1S/2C11H23NO2.C9H17BrO2.C6H14O.C5H10O2.C3H4Br2O.ClH/c2*1-7-8-11(3,4)14-10(13)9(2)12(5)6;1-5-6-9(3,4)12-8(11)7(2)10;1-4-5-6(2,3)7;1-3-4-5(6)7-2;1-2(4)3(5)6;/h2*9H,7-8H2,1-6H3;7H,5-6H2,1-4H3;7H,4-5H2,1-3H3;3-4H2,1-2H3;2H,1H3;1H. The summed E-state index contributed by atoms with van der Waals surface area (Å²) in [4.78, 5) is 58.0. The molecule has 0 aliphatic rings. The highest BCUT2D eigenvalue weighted by Crippen LogP contribution is 2.20. The van der Waals surface area contributed by atoms with Gasteiger partial charge in [-0.25, -0.2) is 0 Å². The molecule has 0 aromatic rings. The monoisotopic (exact) mass is 1090 g/mol. The molecule has 0 aromatic carbocycles. The van der Waals surface area contributed by atoms with E-state index in [9.17, 15) is 24.0 Å². The fourth-order valence-electron chi connectivity index (χ4n) is 4.37. The number of carbonyl (C=O) groups excluding carboxylic acids is 5. The molecule has 370 valence electrons. The third kappa shape index (κ3) is 55.2. The summed E-state index contributed by atoms with van der Waals surface area (Å²) in [6, 6.07) is -0.350. The zero-order valence-electron chi connectivity index (χ0n) is 42.4. The molecule has 4 atom stereocenters. The Morgan fingerprint density at radius 3 is 0.934 bits per heavy atom. The maximum atomic E-state index is 11.6. The molecule has 1 N–H and O–H groups in total. The van der Waals surface area contributed by atoms with Crippen molar-refractivity contribution in [1.82, 2.24) is 9.80 Å². The highest BCUT2D eigenvalue weighted by Gasteiger charge is 2.27. The SMILES string of the molecule is CC(Br)C(=O)Br.CCCC(=O)OC.CCCC(C)(C)O.CCCC(C)(C)OC(=O)C(C)Br.CCCC(C)(C)OC(=O)C(C)N(C)C.CCCC(C)(C)OC(=O)C(C)N(C)C.Cl. The number of rotatable bonds is 19. The summed E-state index contributed by atoms with van der Waals surface area (Å²) >= 11 is 8.96. The maximum absolute atomic E-state index is 11.6. The molecule has 4 unspecified atom stereocenters. The van der Waals surface area contributed by atoms with Crippen LogP contribution < -0.4 is 0 Å². The molecule has 0 heterocycles. The van der Waals surface area contributed by atoms with Crippen LogP contribution >= 0.6 is 60.2 Å². The zero-order valence-corrected chi connectivity index (χ0v) is 48.0. The number of halogens is 4.